The van der Waals surface area contributed by atoms with Crippen molar-refractivity contribution in [2.45, 2.75) is 13.5 Å². The number of amides is 1. The second-order valence-electron chi connectivity index (χ2n) is 4.04. The van der Waals surface area contributed by atoms with E-state index in [4.69, 9.17) is 0 Å². The molecule has 19 heavy (non-hydrogen) atoms. The van der Waals surface area contributed by atoms with Crippen LogP contribution in [0, 0.1) is 5.82 Å². The zero-order chi connectivity index (χ0) is 13.8. The maximum Gasteiger partial charge on any atom is 0.292 e. The van der Waals surface area contributed by atoms with Crippen molar-refractivity contribution in [2.24, 2.45) is 0 Å². The van der Waals surface area contributed by atoms with Crippen molar-refractivity contribution < 1.29 is 14.0 Å². The van der Waals surface area contributed by atoms with Gasteiger partial charge >= 0.3 is 0 Å². The predicted molar refractivity (Wildman–Crippen MR) is 67.0 cm³/mol. The summed E-state index contributed by atoms with van der Waals surface area (Å²) in [5.74, 6) is -1.32. The minimum absolute atomic E-state index is 0.289. The number of rotatable bonds is 4. The smallest absolute Gasteiger partial charge is 0.292 e. The first-order valence-corrected chi connectivity index (χ1v) is 5.64. The van der Waals surface area contributed by atoms with Crippen LogP contribution in [-0.4, -0.2) is 21.5 Å². The molecule has 6 heteroatoms. The monoisotopic (exact) mass is 261 g/mol. The van der Waals surface area contributed by atoms with Gasteiger partial charge in [-0.25, -0.2) is 4.39 Å². The van der Waals surface area contributed by atoms with E-state index in [1.54, 1.807) is 29.1 Å². The maximum absolute atomic E-state index is 13.0. The third-order valence-corrected chi connectivity index (χ3v) is 2.44. The highest BCUT2D eigenvalue weighted by atomic mass is 19.1. The molecular formula is C13H12FN3O2. The summed E-state index contributed by atoms with van der Waals surface area (Å²) in [5, 5.41) is 6.43. The average Bonchev–Trinajstić information content (AvgIpc) is 2.76. The topological polar surface area (TPSA) is 64.0 Å². The van der Waals surface area contributed by atoms with Crippen molar-refractivity contribution in [3.8, 4) is 0 Å². The van der Waals surface area contributed by atoms with E-state index >= 15 is 0 Å². The molecule has 1 amide bonds. The van der Waals surface area contributed by atoms with E-state index in [1.807, 2.05) is 0 Å². The molecule has 0 atom stereocenters. The van der Waals surface area contributed by atoms with Crippen LogP contribution in [0.15, 0.2) is 36.5 Å². The Morgan fingerprint density at radius 3 is 2.84 bits per heavy atom. The number of anilines is 1. The van der Waals surface area contributed by atoms with Gasteiger partial charge in [0.05, 0.1) is 6.54 Å². The Hall–Kier alpha value is -2.50. The van der Waals surface area contributed by atoms with Crippen molar-refractivity contribution in [2.75, 3.05) is 5.32 Å². The predicted octanol–water partition coefficient (Wildman–Crippen LogP) is 1.60. The molecule has 0 aliphatic carbocycles. The summed E-state index contributed by atoms with van der Waals surface area (Å²) in [6.45, 7) is 1.56. The summed E-state index contributed by atoms with van der Waals surface area (Å²) in [6.07, 6.45) is 1.64. The van der Waals surface area contributed by atoms with Crippen LogP contribution in [0.25, 0.3) is 0 Å². The molecular weight excluding hydrogens is 249 g/mol. The van der Waals surface area contributed by atoms with E-state index in [2.05, 4.69) is 10.4 Å². The molecule has 2 rings (SSSR count). The van der Waals surface area contributed by atoms with Gasteiger partial charge in [0.1, 0.15) is 5.82 Å². The normalized spacial score (nSPS) is 10.2. The Balaban J connectivity index is 2.05. The molecule has 2 aromatic rings. The molecule has 5 nitrogen and oxygen atoms in total. The first-order chi connectivity index (χ1) is 9.04. The van der Waals surface area contributed by atoms with Gasteiger partial charge < -0.3 is 5.32 Å². The number of hydrogen-bond acceptors (Lipinski definition) is 3. The molecule has 98 valence electrons. The first-order valence-electron chi connectivity index (χ1n) is 5.64. The number of carbonyl (C=O) groups excluding carboxylic acids is 2. The van der Waals surface area contributed by atoms with E-state index in [1.165, 1.54) is 19.1 Å². The molecule has 1 heterocycles. The highest BCUT2D eigenvalue weighted by Crippen LogP contribution is 2.08. The van der Waals surface area contributed by atoms with Gasteiger partial charge in [0, 0.05) is 19.2 Å². The van der Waals surface area contributed by atoms with Crippen LogP contribution in [0.5, 0.6) is 0 Å². The molecule has 0 fully saturated rings. The molecule has 0 aliphatic heterocycles. The molecule has 0 unspecified atom stereocenters. The molecule has 0 radical (unpaired) electrons. The standard InChI is InChI=1S/C13H12FN3O2/c1-9(18)13(19)15-12-5-6-17(16-12)8-10-3-2-4-11(14)7-10/h2-7H,8H2,1H3,(H,15,16,19). The fourth-order valence-electron chi connectivity index (χ4n) is 1.54. The van der Waals surface area contributed by atoms with Gasteiger partial charge in [0.15, 0.2) is 5.82 Å². The highest BCUT2D eigenvalue weighted by Gasteiger charge is 2.09. The maximum atomic E-state index is 13.0. The lowest BCUT2D eigenvalue weighted by Crippen LogP contribution is -2.20. The van der Waals surface area contributed by atoms with Gasteiger partial charge in [-0.15, -0.1) is 0 Å². The van der Waals surface area contributed by atoms with Crippen molar-refractivity contribution in [1.29, 1.82) is 0 Å². The number of nitrogens with one attached hydrogen (secondary N) is 1. The van der Waals surface area contributed by atoms with E-state index in [0.717, 1.165) is 5.56 Å². The SMILES string of the molecule is CC(=O)C(=O)Nc1ccn(Cc2cccc(F)c2)n1. The average molecular weight is 261 g/mol. The minimum Gasteiger partial charge on any atom is -0.303 e. The Bertz CT molecular complexity index is 622. The fraction of sp³-hybridized carbons (Fsp3) is 0.154. The van der Waals surface area contributed by atoms with E-state index in [-0.39, 0.29) is 11.6 Å². The molecule has 0 spiro atoms. The fourth-order valence-corrected chi connectivity index (χ4v) is 1.54. The third-order valence-electron chi connectivity index (χ3n) is 2.44. The van der Waals surface area contributed by atoms with E-state index < -0.39 is 11.7 Å². The zero-order valence-electron chi connectivity index (χ0n) is 10.3. The molecule has 1 N–H and O–H groups in total. The van der Waals surface area contributed by atoms with Crippen molar-refractivity contribution in [1.82, 2.24) is 9.78 Å². The van der Waals surface area contributed by atoms with Crippen LogP contribution >= 0.6 is 0 Å². The number of halogens is 1. The van der Waals surface area contributed by atoms with Crippen LogP contribution < -0.4 is 5.32 Å². The number of Topliss-reactive ketones (excluding diaryl/α,β-unsaturated/α-hetero) is 1. The Morgan fingerprint density at radius 2 is 2.16 bits per heavy atom. The van der Waals surface area contributed by atoms with Crippen molar-refractivity contribution >= 4 is 17.5 Å². The van der Waals surface area contributed by atoms with Crippen molar-refractivity contribution in [3.05, 3.63) is 47.9 Å². The Kier molecular flexibility index (Phi) is 3.70. The summed E-state index contributed by atoms with van der Waals surface area (Å²) in [7, 11) is 0. The van der Waals surface area contributed by atoms with Crippen LogP contribution in [0.1, 0.15) is 12.5 Å². The molecule has 0 saturated heterocycles. The molecule has 0 aliphatic rings. The van der Waals surface area contributed by atoms with Gasteiger partial charge in [0.25, 0.3) is 5.91 Å². The summed E-state index contributed by atoms with van der Waals surface area (Å²) >= 11 is 0. The number of benzene rings is 1. The summed E-state index contributed by atoms with van der Waals surface area (Å²) in [6, 6.07) is 7.74. The lowest BCUT2D eigenvalue weighted by Gasteiger charge is -2.02. The lowest BCUT2D eigenvalue weighted by atomic mass is 10.2. The van der Waals surface area contributed by atoms with Crippen LogP contribution in [0.2, 0.25) is 0 Å². The van der Waals surface area contributed by atoms with E-state index in [9.17, 15) is 14.0 Å². The van der Waals surface area contributed by atoms with Gasteiger partial charge in [-0.05, 0) is 17.7 Å². The number of aromatic nitrogens is 2. The highest BCUT2D eigenvalue weighted by molar-refractivity contribution is 6.39. The van der Waals surface area contributed by atoms with Gasteiger partial charge in [-0.3, -0.25) is 14.3 Å². The van der Waals surface area contributed by atoms with E-state index in [0.29, 0.717) is 6.54 Å². The molecule has 0 saturated carbocycles. The summed E-state index contributed by atoms with van der Waals surface area (Å²) < 4.78 is 14.6. The van der Waals surface area contributed by atoms with Gasteiger partial charge in [0.2, 0.25) is 5.78 Å². The Morgan fingerprint density at radius 1 is 1.37 bits per heavy atom. The van der Waals surface area contributed by atoms with Crippen LogP contribution in [-0.2, 0) is 16.1 Å². The number of nitrogens with zero attached hydrogens (tertiary/aromatic N) is 2. The number of ketones is 1. The van der Waals surface area contributed by atoms with Crippen LogP contribution in [0.3, 0.4) is 0 Å². The minimum atomic E-state index is -0.712. The van der Waals surface area contributed by atoms with Gasteiger partial charge in [-0.2, -0.15) is 5.10 Å². The zero-order valence-corrected chi connectivity index (χ0v) is 10.3. The first kappa shape index (κ1) is 12.9. The molecule has 1 aromatic heterocycles. The number of hydrogen-bond donors (Lipinski definition) is 1. The van der Waals surface area contributed by atoms with Gasteiger partial charge in [-0.1, -0.05) is 12.1 Å². The molecule has 1 aromatic carbocycles. The summed E-state index contributed by atoms with van der Waals surface area (Å²) in [4.78, 5) is 22.0. The summed E-state index contributed by atoms with van der Waals surface area (Å²) in [5.41, 5.74) is 0.757. The van der Waals surface area contributed by atoms with Crippen molar-refractivity contribution in [3.63, 3.8) is 0 Å². The number of carbonyl (C=O) groups is 2. The second kappa shape index (κ2) is 5.43. The quantitative estimate of drug-likeness (QED) is 0.850. The Labute approximate surface area is 109 Å². The lowest BCUT2D eigenvalue weighted by molar-refractivity contribution is -0.133. The largest absolute Gasteiger partial charge is 0.303 e. The molecule has 0 bridgehead atoms. The third kappa shape index (κ3) is 3.48. The van der Waals surface area contributed by atoms with Crippen LogP contribution in [0.4, 0.5) is 10.2 Å². The second-order valence-corrected chi connectivity index (χ2v) is 4.04.